The standard InChI is InChI=1S/C24H41NOS/c1-7-20(15-14-19(6)24(8-2,9-3)10-4)18(5)17-25-23(26)21-12-11-13-22(27)16-21/h11-12,14-16,18,22-23,25-27H,7-10,13,17H2,1-6H3/b19-14+,20-15+/t18-,22?,23?/m1/s1. The van der Waals surface area contributed by atoms with Gasteiger partial charge in [0.05, 0.1) is 0 Å². The fourth-order valence-electron chi connectivity index (χ4n) is 4.03. The van der Waals surface area contributed by atoms with Gasteiger partial charge in [0.1, 0.15) is 6.23 Å². The Morgan fingerprint density at radius 3 is 2.41 bits per heavy atom. The third-order valence-corrected chi connectivity index (χ3v) is 6.82. The summed E-state index contributed by atoms with van der Waals surface area (Å²) < 4.78 is 0. The van der Waals surface area contributed by atoms with Gasteiger partial charge in [-0.2, -0.15) is 12.6 Å². The highest BCUT2D eigenvalue weighted by molar-refractivity contribution is 7.81. The predicted molar refractivity (Wildman–Crippen MR) is 123 cm³/mol. The summed E-state index contributed by atoms with van der Waals surface area (Å²) in [5.41, 5.74) is 4.16. The first-order valence-electron chi connectivity index (χ1n) is 10.7. The molecule has 0 radical (unpaired) electrons. The van der Waals surface area contributed by atoms with E-state index in [2.05, 4.69) is 77.7 Å². The van der Waals surface area contributed by atoms with Crippen molar-refractivity contribution in [2.75, 3.05) is 6.54 Å². The Hall–Kier alpha value is -0.770. The minimum absolute atomic E-state index is 0.203. The molecule has 154 valence electrons. The maximum atomic E-state index is 10.4. The second-order valence-corrected chi connectivity index (χ2v) is 8.53. The maximum Gasteiger partial charge on any atom is 0.130 e. The number of aliphatic hydroxyl groups is 1. The van der Waals surface area contributed by atoms with Crippen LogP contribution in [-0.2, 0) is 0 Å². The number of thiol groups is 1. The third-order valence-electron chi connectivity index (χ3n) is 6.46. The Labute approximate surface area is 173 Å². The first kappa shape index (κ1) is 24.3. The number of hydrogen-bond acceptors (Lipinski definition) is 3. The van der Waals surface area contributed by atoms with Crippen LogP contribution in [-0.4, -0.2) is 23.1 Å². The van der Waals surface area contributed by atoms with Crippen molar-refractivity contribution in [2.24, 2.45) is 11.3 Å². The average Bonchev–Trinajstić information content (AvgIpc) is 2.68. The van der Waals surface area contributed by atoms with Gasteiger partial charge in [-0.15, -0.1) is 0 Å². The zero-order chi connectivity index (χ0) is 20.4. The van der Waals surface area contributed by atoms with Crippen LogP contribution >= 0.6 is 12.6 Å². The normalized spacial score (nSPS) is 21.2. The third kappa shape index (κ3) is 6.96. The van der Waals surface area contributed by atoms with Crippen LogP contribution in [0, 0.1) is 11.3 Å². The minimum atomic E-state index is -0.623. The average molecular weight is 392 g/mol. The summed E-state index contributed by atoms with van der Waals surface area (Å²) in [5, 5.41) is 13.9. The van der Waals surface area contributed by atoms with Crippen molar-refractivity contribution in [3.8, 4) is 0 Å². The van der Waals surface area contributed by atoms with Gasteiger partial charge in [0.2, 0.25) is 0 Å². The van der Waals surface area contributed by atoms with E-state index in [-0.39, 0.29) is 5.25 Å². The van der Waals surface area contributed by atoms with Gasteiger partial charge >= 0.3 is 0 Å². The van der Waals surface area contributed by atoms with Gasteiger partial charge < -0.3 is 5.11 Å². The quantitative estimate of drug-likeness (QED) is 0.222. The smallest absolute Gasteiger partial charge is 0.130 e. The van der Waals surface area contributed by atoms with Crippen LogP contribution in [0.15, 0.2) is 47.1 Å². The van der Waals surface area contributed by atoms with Crippen molar-refractivity contribution < 1.29 is 5.11 Å². The van der Waals surface area contributed by atoms with Crippen molar-refractivity contribution in [2.45, 2.75) is 85.1 Å². The molecule has 0 fully saturated rings. The van der Waals surface area contributed by atoms with E-state index in [4.69, 9.17) is 0 Å². The van der Waals surface area contributed by atoms with Gasteiger partial charge in [-0.3, -0.25) is 5.32 Å². The zero-order valence-corrected chi connectivity index (χ0v) is 19.2. The second kappa shape index (κ2) is 11.9. The van der Waals surface area contributed by atoms with Crippen LogP contribution in [0.2, 0.25) is 0 Å². The van der Waals surface area contributed by atoms with Crippen molar-refractivity contribution in [1.29, 1.82) is 0 Å². The molecule has 0 aliphatic heterocycles. The van der Waals surface area contributed by atoms with Crippen LogP contribution < -0.4 is 5.32 Å². The van der Waals surface area contributed by atoms with Crippen LogP contribution in [0.5, 0.6) is 0 Å². The fourth-order valence-corrected chi connectivity index (χ4v) is 4.33. The lowest BCUT2D eigenvalue weighted by molar-refractivity contribution is 0.171. The van der Waals surface area contributed by atoms with Crippen molar-refractivity contribution >= 4 is 12.6 Å². The summed E-state index contributed by atoms with van der Waals surface area (Å²) >= 11 is 4.48. The van der Waals surface area contributed by atoms with Crippen molar-refractivity contribution in [3.05, 3.63) is 47.1 Å². The number of allylic oxidation sites excluding steroid dienone is 4. The zero-order valence-electron chi connectivity index (χ0n) is 18.3. The Morgan fingerprint density at radius 1 is 1.26 bits per heavy atom. The van der Waals surface area contributed by atoms with Gasteiger partial charge in [0, 0.05) is 11.8 Å². The van der Waals surface area contributed by atoms with Gasteiger partial charge in [-0.25, -0.2) is 0 Å². The summed E-state index contributed by atoms with van der Waals surface area (Å²) in [4.78, 5) is 0. The van der Waals surface area contributed by atoms with E-state index < -0.39 is 6.23 Å². The van der Waals surface area contributed by atoms with Gasteiger partial charge in [0.15, 0.2) is 0 Å². The lowest BCUT2D eigenvalue weighted by Gasteiger charge is -2.31. The highest BCUT2D eigenvalue weighted by Gasteiger charge is 2.25. The van der Waals surface area contributed by atoms with Gasteiger partial charge in [0.25, 0.3) is 0 Å². The van der Waals surface area contributed by atoms with E-state index in [0.29, 0.717) is 11.3 Å². The Kier molecular flexibility index (Phi) is 10.7. The number of nitrogens with one attached hydrogen (secondary N) is 1. The van der Waals surface area contributed by atoms with Gasteiger partial charge in [-0.1, -0.05) is 76.1 Å². The van der Waals surface area contributed by atoms with Crippen LogP contribution in [0.3, 0.4) is 0 Å². The molecule has 0 heterocycles. The molecule has 0 aromatic carbocycles. The van der Waals surface area contributed by atoms with E-state index in [1.165, 1.54) is 30.4 Å². The fraction of sp³-hybridized carbons (Fsp3) is 0.667. The van der Waals surface area contributed by atoms with E-state index in [9.17, 15) is 5.11 Å². The molecule has 3 atom stereocenters. The topological polar surface area (TPSA) is 32.3 Å². The van der Waals surface area contributed by atoms with E-state index in [1.54, 1.807) is 0 Å². The molecule has 2 nitrogen and oxygen atoms in total. The van der Waals surface area contributed by atoms with Crippen LogP contribution in [0.4, 0.5) is 0 Å². The Bertz CT molecular complexity index is 561. The van der Waals surface area contributed by atoms with Crippen molar-refractivity contribution in [3.63, 3.8) is 0 Å². The molecule has 0 bridgehead atoms. The minimum Gasteiger partial charge on any atom is -0.374 e. The molecule has 27 heavy (non-hydrogen) atoms. The molecule has 0 saturated heterocycles. The molecule has 0 amide bonds. The summed E-state index contributed by atoms with van der Waals surface area (Å²) in [7, 11) is 0. The predicted octanol–water partition coefficient (Wildman–Crippen LogP) is 6.21. The van der Waals surface area contributed by atoms with Gasteiger partial charge in [-0.05, 0) is 55.9 Å². The molecule has 1 rings (SSSR count). The molecule has 0 saturated carbocycles. The first-order valence-corrected chi connectivity index (χ1v) is 11.2. The SMILES string of the molecule is CC/C(=C\C=C(/C)C(CC)(CC)CC)[C@H](C)CNC(O)C1=CC(S)CC=C1. The Morgan fingerprint density at radius 2 is 1.89 bits per heavy atom. The largest absolute Gasteiger partial charge is 0.374 e. The molecule has 2 unspecified atom stereocenters. The lowest BCUT2D eigenvalue weighted by atomic mass is 9.73. The number of hydrogen-bond donors (Lipinski definition) is 3. The molecule has 3 heteroatoms. The number of aliphatic hydroxyl groups excluding tert-OH is 1. The molecule has 1 aliphatic carbocycles. The summed E-state index contributed by atoms with van der Waals surface area (Å²) in [5.74, 6) is 0.382. The monoisotopic (exact) mass is 391 g/mol. The van der Waals surface area contributed by atoms with Crippen LogP contribution in [0.25, 0.3) is 0 Å². The Balaban J connectivity index is 2.75. The number of rotatable bonds is 11. The first-order chi connectivity index (χ1) is 12.8. The second-order valence-electron chi connectivity index (χ2n) is 7.87. The molecule has 0 spiro atoms. The molecular weight excluding hydrogens is 350 g/mol. The highest BCUT2D eigenvalue weighted by Crippen LogP contribution is 2.38. The molecule has 2 N–H and O–H groups in total. The summed E-state index contributed by atoms with van der Waals surface area (Å²) in [6.45, 7) is 14.4. The highest BCUT2D eigenvalue weighted by atomic mass is 32.1. The maximum absolute atomic E-state index is 10.4. The van der Waals surface area contributed by atoms with E-state index in [0.717, 1.165) is 25.0 Å². The van der Waals surface area contributed by atoms with E-state index >= 15 is 0 Å². The van der Waals surface area contributed by atoms with Crippen LogP contribution in [0.1, 0.15) is 73.6 Å². The van der Waals surface area contributed by atoms with Crippen molar-refractivity contribution in [1.82, 2.24) is 5.32 Å². The summed E-state index contributed by atoms with van der Waals surface area (Å²) in [6, 6.07) is 0. The molecule has 0 aromatic heterocycles. The summed E-state index contributed by atoms with van der Waals surface area (Å²) in [6.07, 6.45) is 15.7. The lowest BCUT2D eigenvalue weighted by Crippen LogP contribution is -2.34. The molecular formula is C24H41NOS. The molecule has 0 aromatic rings. The molecule has 1 aliphatic rings. The van der Waals surface area contributed by atoms with E-state index in [1.807, 2.05) is 12.2 Å².